The summed E-state index contributed by atoms with van der Waals surface area (Å²) in [5.41, 5.74) is 1.05. The molecule has 0 saturated carbocycles. The Morgan fingerprint density at radius 1 is 1.24 bits per heavy atom. The Morgan fingerprint density at radius 3 is 2.68 bits per heavy atom. The van der Waals surface area contributed by atoms with Gasteiger partial charge in [-0.15, -0.1) is 11.3 Å². The fraction of sp³-hybridized carbons (Fsp3) is 0.368. The monoisotopic (exact) mass is 355 g/mol. The molecule has 2 aromatic heterocycles. The smallest absolute Gasteiger partial charge is 0.259 e. The zero-order valence-corrected chi connectivity index (χ0v) is 15.2. The highest BCUT2D eigenvalue weighted by molar-refractivity contribution is 7.21. The van der Waals surface area contributed by atoms with Gasteiger partial charge in [0.25, 0.3) is 5.56 Å². The largest absolute Gasteiger partial charge is 0.373 e. The first-order valence-electron chi connectivity index (χ1n) is 8.54. The number of aromatic nitrogens is 2. The van der Waals surface area contributed by atoms with Crippen LogP contribution in [0.15, 0.2) is 41.2 Å². The van der Waals surface area contributed by atoms with Crippen molar-refractivity contribution in [3.8, 4) is 10.4 Å². The third-order valence-electron chi connectivity index (χ3n) is 4.38. The second-order valence-corrected chi connectivity index (χ2v) is 7.69. The van der Waals surface area contributed by atoms with E-state index < -0.39 is 0 Å². The fourth-order valence-electron chi connectivity index (χ4n) is 3.42. The number of hydrogen-bond acceptors (Lipinski definition) is 5. The molecule has 6 heteroatoms. The maximum Gasteiger partial charge on any atom is 0.259 e. The molecule has 3 aromatic rings. The van der Waals surface area contributed by atoms with Crippen molar-refractivity contribution in [2.45, 2.75) is 32.6 Å². The number of nitrogens with zero attached hydrogens (tertiary/aromatic N) is 2. The van der Waals surface area contributed by atoms with Crippen LogP contribution in [-0.2, 0) is 11.3 Å². The number of thiophene rings is 1. The molecular formula is C19H21N3O2S. The SMILES string of the molecule is CC1CN(Cc2nc3sc(-c4ccccc4)cc3c(=O)[nH]2)CC(C)O1. The summed E-state index contributed by atoms with van der Waals surface area (Å²) in [4.78, 5) is 24.3. The summed E-state index contributed by atoms with van der Waals surface area (Å²) in [7, 11) is 0. The second-order valence-electron chi connectivity index (χ2n) is 6.66. The molecule has 1 N–H and O–H groups in total. The maximum atomic E-state index is 12.5. The fourth-order valence-corrected chi connectivity index (χ4v) is 4.48. The van der Waals surface area contributed by atoms with Gasteiger partial charge in [0.2, 0.25) is 0 Å². The van der Waals surface area contributed by atoms with Crippen LogP contribution in [-0.4, -0.2) is 40.2 Å². The van der Waals surface area contributed by atoms with Crippen LogP contribution < -0.4 is 5.56 Å². The molecule has 1 fully saturated rings. The van der Waals surface area contributed by atoms with E-state index in [1.54, 1.807) is 11.3 Å². The van der Waals surface area contributed by atoms with Gasteiger partial charge in [0, 0.05) is 18.0 Å². The van der Waals surface area contributed by atoms with E-state index in [9.17, 15) is 4.79 Å². The van der Waals surface area contributed by atoms with Gasteiger partial charge in [0.15, 0.2) is 0 Å². The van der Waals surface area contributed by atoms with Gasteiger partial charge >= 0.3 is 0 Å². The van der Waals surface area contributed by atoms with Gasteiger partial charge in [-0.1, -0.05) is 30.3 Å². The average Bonchev–Trinajstić information content (AvgIpc) is 2.99. The van der Waals surface area contributed by atoms with Gasteiger partial charge in [0.1, 0.15) is 10.7 Å². The van der Waals surface area contributed by atoms with Crippen LogP contribution in [0.5, 0.6) is 0 Å². The molecule has 4 rings (SSSR count). The quantitative estimate of drug-likeness (QED) is 0.783. The van der Waals surface area contributed by atoms with Crippen LogP contribution in [0.4, 0.5) is 0 Å². The standard InChI is InChI=1S/C19H21N3O2S/c1-12-9-22(10-13(2)24-12)11-17-20-18(23)15-8-16(25-19(15)21-17)14-6-4-3-5-7-14/h3-8,12-13H,9-11H2,1-2H3,(H,20,21,23). The average molecular weight is 355 g/mol. The van der Waals surface area contributed by atoms with Gasteiger partial charge in [-0.25, -0.2) is 4.98 Å². The molecule has 3 heterocycles. The zero-order chi connectivity index (χ0) is 17.4. The Bertz CT molecular complexity index is 925. The summed E-state index contributed by atoms with van der Waals surface area (Å²) in [5.74, 6) is 0.722. The van der Waals surface area contributed by atoms with Gasteiger partial charge < -0.3 is 9.72 Å². The lowest BCUT2D eigenvalue weighted by molar-refractivity contribution is -0.0710. The molecule has 0 bridgehead atoms. The van der Waals surface area contributed by atoms with E-state index in [4.69, 9.17) is 9.72 Å². The number of benzene rings is 1. The van der Waals surface area contributed by atoms with E-state index in [1.807, 2.05) is 24.3 Å². The summed E-state index contributed by atoms with van der Waals surface area (Å²) in [5, 5.41) is 0.663. The predicted octanol–water partition coefficient (Wildman–Crippen LogP) is 3.26. The number of morpholine rings is 1. The van der Waals surface area contributed by atoms with Crippen LogP contribution in [0.25, 0.3) is 20.7 Å². The molecule has 0 aliphatic carbocycles. The van der Waals surface area contributed by atoms with Crippen molar-refractivity contribution in [3.05, 3.63) is 52.6 Å². The number of fused-ring (bicyclic) bond motifs is 1. The molecule has 0 spiro atoms. The summed E-state index contributed by atoms with van der Waals surface area (Å²) in [6.45, 7) is 6.50. The van der Waals surface area contributed by atoms with Crippen molar-refractivity contribution >= 4 is 21.6 Å². The highest BCUT2D eigenvalue weighted by atomic mass is 32.1. The molecule has 5 nitrogen and oxygen atoms in total. The van der Waals surface area contributed by atoms with E-state index in [2.05, 4.69) is 35.9 Å². The third-order valence-corrected chi connectivity index (χ3v) is 5.46. The molecule has 25 heavy (non-hydrogen) atoms. The van der Waals surface area contributed by atoms with Gasteiger partial charge in [-0.3, -0.25) is 9.69 Å². The van der Waals surface area contributed by atoms with Gasteiger partial charge in [-0.2, -0.15) is 0 Å². The van der Waals surface area contributed by atoms with E-state index in [1.165, 1.54) is 0 Å². The third kappa shape index (κ3) is 3.51. The first kappa shape index (κ1) is 16.4. The summed E-state index contributed by atoms with van der Waals surface area (Å²) >= 11 is 1.57. The first-order valence-corrected chi connectivity index (χ1v) is 9.36. The summed E-state index contributed by atoms with van der Waals surface area (Å²) < 4.78 is 5.77. The minimum Gasteiger partial charge on any atom is -0.373 e. The molecule has 0 amide bonds. The van der Waals surface area contributed by atoms with Gasteiger partial charge in [0.05, 0.1) is 24.1 Å². The number of ether oxygens (including phenoxy) is 1. The summed E-state index contributed by atoms with van der Waals surface area (Å²) in [6.07, 6.45) is 0.399. The molecule has 2 atom stereocenters. The number of nitrogens with one attached hydrogen (secondary N) is 1. The molecule has 130 valence electrons. The summed E-state index contributed by atoms with van der Waals surface area (Å²) in [6, 6.07) is 12.0. The molecule has 1 aliphatic heterocycles. The van der Waals surface area contributed by atoms with E-state index in [-0.39, 0.29) is 17.8 Å². The van der Waals surface area contributed by atoms with Crippen molar-refractivity contribution in [1.29, 1.82) is 0 Å². The van der Waals surface area contributed by atoms with E-state index >= 15 is 0 Å². The highest BCUT2D eigenvalue weighted by Gasteiger charge is 2.23. The molecule has 2 unspecified atom stereocenters. The Kier molecular flexibility index (Phi) is 4.41. The maximum absolute atomic E-state index is 12.5. The number of hydrogen-bond donors (Lipinski definition) is 1. The molecule has 1 aliphatic rings. The zero-order valence-electron chi connectivity index (χ0n) is 14.4. The number of aromatic amines is 1. The number of rotatable bonds is 3. The van der Waals surface area contributed by atoms with E-state index in [0.717, 1.165) is 34.2 Å². The molecular weight excluding hydrogens is 334 g/mol. The van der Waals surface area contributed by atoms with Gasteiger partial charge in [-0.05, 0) is 25.5 Å². The van der Waals surface area contributed by atoms with Crippen LogP contribution in [0.1, 0.15) is 19.7 Å². The van der Waals surface area contributed by atoms with Crippen molar-refractivity contribution in [1.82, 2.24) is 14.9 Å². The lowest BCUT2D eigenvalue weighted by Gasteiger charge is -2.34. The Morgan fingerprint density at radius 2 is 1.96 bits per heavy atom. The van der Waals surface area contributed by atoms with E-state index in [0.29, 0.717) is 11.9 Å². The van der Waals surface area contributed by atoms with Crippen LogP contribution in [0.3, 0.4) is 0 Å². The Hall–Kier alpha value is -2.02. The van der Waals surface area contributed by atoms with Crippen LogP contribution in [0, 0.1) is 0 Å². The second kappa shape index (κ2) is 6.71. The van der Waals surface area contributed by atoms with Crippen molar-refractivity contribution < 1.29 is 4.74 Å². The minimum absolute atomic E-state index is 0.0622. The topological polar surface area (TPSA) is 58.2 Å². The van der Waals surface area contributed by atoms with Crippen LogP contribution >= 0.6 is 11.3 Å². The lowest BCUT2D eigenvalue weighted by atomic mass is 10.2. The molecule has 1 saturated heterocycles. The molecule has 1 aromatic carbocycles. The lowest BCUT2D eigenvalue weighted by Crippen LogP contribution is -2.45. The molecule has 0 radical (unpaired) electrons. The normalized spacial score (nSPS) is 21.7. The Balaban J connectivity index is 1.64. The van der Waals surface area contributed by atoms with Crippen molar-refractivity contribution in [2.75, 3.05) is 13.1 Å². The Labute approximate surface area is 150 Å². The van der Waals surface area contributed by atoms with Crippen molar-refractivity contribution in [3.63, 3.8) is 0 Å². The van der Waals surface area contributed by atoms with Crippen LogP contribution in [0.2, 0.25) is 0 Å². The minimum atomic E-state index is -0.0622. The number of H-pyrrole nitrogens is 1. The highest BCUT2D eigenvalue weighted by Crippen LogP contribution is 2.30. The van der Waals surface area contributed by atoms with Crippen molar-refractivity contribution in [2.24, 2.45) is 0 Å². The first-order chi connectivity index (χ1) is 12.1. The predicted molar refractivity (Wildman–Crippen MR) is 101 cm³/mol.